The molecule has 0 aliphatic carbocycles. The van der Waals surface area contributed by atoms with Crippen molar-refractivity contribution in [2.45, 2.75) is 58.4 Å². The quantitative estimate of drug-likeness (QED) is 0.821. The molecule has 1 aliphatic rings. The maximum absolute atomic E-state index is 12.1. The van der Waals surface area contributed by atoms with Crippen molar-refractivity contribution in [3.63, 3.8) is 0 Å². The predicted molar refractivity (Wildman–Crippen MR) is 65.7 cm³/mol. The summed E-state index contributed by atoms with van der Waals surface area (Å²) in [6.07, 6.45) is 3.65. The number of carbonyl (C=O) groups is 2. The fourth-order valence-corrected chi connectivity index (χ4v) is 2.29. The number of hydrogen-bond acceptors (Lipinski definition) is 2. The third-order valence-electron chi connectivity index (χ3n) is 3.59. The summed E-state index contributed by atoms with van der Waals surface area (Å²) in [5.74, 6) is -0.418. The smallest absolute Gasteiger partial charge is 0.329 e. The Bertz CT molecular complexity index is 301. The Labute approximate surface area is 103 Å². The van der Waals surface area contributed by atoms with E-state index >= 15 is 0 Å². The fourth-order valence-electron chi connectivity index (χ4n) is 2.29. The van der Waals surface area contributed by atoms with E-state index in [-0.39, 0.29) is 5.91 Å². The second kappa shape index (κ2) is 5.52. The van der Waals surface area contributed by atoms with Gasteiger partial charge in [0, 0.05) is 13.0 Å². The van der Waals surface area contributed by atoms with Crippen molar-refractivity contribution < 1.29 is 14.7 Å². The van der Waals surface area contributed by atoms with E-state index in [1.54, 1.807) is 11.8 Å². The zero-order valence-corrected chi connectivity index (χ0v) is 11.0. The second-order valence-electron chi connectivity index (χ2n) is 5.51. The highest BCUT2D eigenvalue weighted by Gasteiger charge is 2.43. The molecular formula is C13H23NO3. The van der Waals surface area contributed by atoms with Gasteiger partial charge in [0.2, 0.25) is 5.91 Å². The van der Waals surface area contributed by atoms with Gasteiger partial charge in [0.05, 0.1) is 0 Å². The number of carboxylic acids is 1. The summed E-state index contributed by atoms with van der Waals surface area (Å²) >= 11 is 0. The molecular weight excluding hydrogens is 218 g/mol. The summed E-state index contributed by atoms with van der Waals surface area (Å²) in [5.41, 5.74) is -0.994. The van der Waals surface area contributed by atoms with Gasteiger partial charge >= 0.3 is 5.97 Å². The van der Waals surface area contributed by atoms with Crippen molar-refractivity contribution in [2.75, 3.05) is 6.54 Å². The molecule has 1 aliphatic heterocycles. The monoisotopic (exact) mass is 241 g/mol. The van der Waals surface area contributed by atoms with Gasteiger partial charge in [-0.15, -0.1) is 0 Å². The Morgan fingerprint density at radius 2 is 2.00 bits per heavy atom. The molecule has 1 fully saturated rings. The first-order chi connectivity index (χ1) is 7.88. The van der Waals surface area contributed by atoms with Crippen LogP contribution in [0.25, 0.3) is 0 Å². The van der Waals surface area contributed by atoms with Crippen LogP contribution < -0.4 is 0 Å². The van der Waals surface area contributed by atoms with Crippen LogP contribution in [-0.4, -0.2) is 34.0 Å². The van der Waals surface area contributed by atoms with Crippen LogP contribution >= 0.6 is 0 Å². The van der Waals surface area contributed by atoms with E-state index in [4.69, 9.17) is 0 Å². The van der Waals surface area contributed by atoms with Crippen LogP contribution in [0, 0.1) is 5.92 Å². The maximum Gasteiger partial charge on any atom is 0.329 e. The van der Waals surface area contributed by atoms with Gasteiger partial charge in [-0.25, -0.2) is 4.79 Å². The summed E-state index contributed by atoms with van der Waals surface area (Å²) in [4.78, 5) is 25.0. The van der Waals surface area contributed by atoms with Crippen LogP contribution in [0.5, 0.6) is 0 Å². The van der Waals surface area contributed by atoms with Gasteiger partial charge in [0.1, 0.15) is 5.54 Å². The van der Waals surface area contributed by atoms with E-state index in [0.717, 1.165) is 19.3 Å². The maximum atomic E-state index is 12.1. The first-order valence-electron chi connectivity index (χ1n) is 6.42. The average Bonchev–Trinajstić information content (AvgIpc) is 2.26. The molecule has 0 aromatic carbocycles. The normalized spacial score (nSPS) is 25.1. The second-order valence-corrected chi connectivity index (χ2v) is 5.51. The number of likely N-dealkylation sites (tertiary alicyclic amines) is 1. The summed E-state index contributed by atoms with van der Waals surface area (Å²) < 4.78 is 0. The fraction of sp³-hybridized carbons (Fsp3) is 0.846. The molecule has 1 saturated heterocycles. The number of aliphatic carboxylic acids is 1. The van der Waals surface area contributed by atoms with Gasteiger partial charge in [0.15, 0.2) is 0 Å². The molecule has 4 nitrogen and oxygen atoms in total. The van der Waals surface area contributed by atoms with Crippen LogP contribution in [0.15, 0.2) is 0 Å². The molecule has 0 aromatic rings. The number of amides is 1. The Morgan fingerprint density at radius 1 is 1.35 bits per heavy atom. The van der Waals surface area contributed by atoms with Crippen molar-refractivity contribution in [1.82, 2.24) is 4.90 Å². The molecule has 1 N–H and O–H groups in total. The van der Waals surface area contributed by atoms with Crippen molar-refractivity contribution in [3.05, 3.63) is 0 Å². The van der Waals surface area contributed by atoms with Crippen molar-refractivity contribution >= 4 is 11.9 Å². The SMILES string of the molecule is CC(C)CCC(=O)N1CCCCC1(C)C(=O)O. The standard InChI is InChI=1S/C13H23NO3/c1-10(2)6-7-11(15)14-9-5-4-8-13(14,3)12(16)17/h10H,4-9H2,1-3H3,(H,16,17). The van der Waals surface area contributed by atoms with E-state index in [1.807, 2.05) is 0 Å². The Balaban J connectivity index is 2.71. The van der Waals surface area contributed by atoms with Crippen molar-refractivity contribution in [3.8, 4) is 0 Å². The van der Waals surface area contributed by atoms with Crippen LogP contribution in [0.1, 0.15) is 52.9 Å². The molecule has 1 heterocycles. The lowest BCUT2D eigenvalue weighted by molar-refractivity contribution is -0.161. The van der Waals surface area contributed by atoms with Crippen LogP contribution in [0.2, 0.25) is 0 Å². The van der Waals surface area contributed by atoms with Crippen LogP contribution in [-0.2, 0) is 9.59 Å². The van der Waals surface area contributed by atoms with Gasteiger partial charge in [-0.05, 0) is 38.5 Å². The highest BCUT2D eigenvalue weighted by atomic mass is 16.4. The highest BCUT2D eigenvalue weighted by Crippen LogP contribution is 2.29. The van der Waals surface area contributed by atoms with Crippen molar-refractivity contribution in [1.29, 1.82) is 0 Å². The lowest BCUT2D eigenvalue weighted by Gasteiger charge is -2.41. The van der Waals surface area contributed by atoms with Crippen molar-refractivity contribution in [2.24, 2.45) is 5.92 Å². The van der Waals surface area contributed by atoms with Crippen LogP contribution in [0.3, 0.4) is 0 Å². The molecule has 0 saturated carbocycles. The largest absolute Gasteiger partial charge is 0.480 e. The van der Waals surface area contributed by atoms with Gasteiger partial charge in [-0.1, -0.05) is 13.8 Å². The lowest BCUT2D eigenvalue weighted by atomic mass is 9.88. The number of carboxylic acid groups (broad SMARTS) is 1. The number of piperidine rings is 1. The Morgan fingerprint density at radius 3 is 2.53 bits per heavy atom. The molecule has 0 aromatic heterocycles. The first kappa shape index (κ1) is 14.0. The number of carbonyl (C=O) groups excluding carboxylic acids is 1. The van der Waals surface area contributed by atoms with Gasteiger partial charge in [-0.2, -0.15) is 0 Å². The van der Waals surface area contributed by atoms with Gasteiger partial charge < -0.3 is 10.0 Å². The molecule has 0 radical (unpaired) electrons. The molecule has 0 bridgehead atoms. The molecule has 1 unspecified atom stereocenters. The molecule has 1 atom stereocenters. The van der Waals surface area contributed by atoms with Gasteiger partial charge in [-0.3, -0.25) is 4.79 Å². The number of nitrogens with zero attached hydrogens (tertiary/aromatic N) is 1. The Hall–Kier alpha value is -1.06. The highest BCUT2D eigenvalue weighted by molar-refractivity contribution is 5.87. The molecule has 17 heavy (non-hydrogen) atoms. The summed E-state index contributed by atoms with van der Waals surface area (Å²) in [6.45, 7) is 6.39. The van der Waals surface area contributed by atoms with E-state index in [0.29, 0.717) is 25.3 Å². The van der Waals surface area contributed by atoms with Crippen LogP contribution in [0.4, 0.5) is 0 Å². The van der Waals surface area contributed by atoms with Gasteiger partial charge in [0.25, 0.3) is 0 Å². The zero-order valence-electron chi connectivity index (χ0n) is 11.0. The number of hydrogen-bond donors (Lipinski definition) is 1. The zero-order chi connectivity index (χ0) is 13.1. The van der Waals surface area contributed by atoms with E-state index < -0.39 is 11.5 Å². The summed E-state index contributed by atoms with van der Waals surface area (Å²) in [6, 6.07) is 0. The third-order valence-corrected chi connectivity index (χ3v) is 3.59. The van der Waals surface area contributed by atoms with E-state index in [2.05, 4.69) is 13.8 Å². The summed E-state index contributed by atoms with van der Waals surface area (Å²) in [7, 11) is 0. The molecule has 98 valence electrons. The third kappa shape index (κ3) is 3.20. The molecule has 1 amide bonds. The average molecular weight is 241 g/mol. The predicted octanol–water partition coefficient (Wildman–Crippen LogP) is 2.28. The number of rotatable bonds is 4. The Kier molecular flexibility index (Phi) is 4.54. The lowest BCUT2D eigenvalue weighted by Crippen LogP contribution is -2.57. The molecule has 1 rings (SSSR count). The first-order valence-corrected chi connectivity index (χ1v) is 6.42. The minimum Gasteiger partial charge on any atom is -0.480 e. The van der Waals surface area contributed by atoms with E-state index in [9.17, 15) is 14.7 Å². The summed E-state index contributed by atoms with van der Waals surface area (Å²) in [5, 5.41) is 9.30. The molecule has 0 spiro atoms. The minimum atomic E-state index is -0.994. The molecule has 4 heteroatoms. The minimum absolute atomic E-state index is 0.0108. The topological polar surface area (TPSA) is 57.6 Å². The van der Waals surface area contributed by atoms with E-state index in [1.165, 1.54) is 0 Å².